The van der Waals surface area contributed by atoms with Crippen LogP contribution < -0.4 is 4.74 Å². The fourth-order valence-corrected chi connectivity index (χ4v) is 1.54. The molecule has 0 unspecified atom stereocenters. The largest absolute Gasteiger partial charge is 0.481 e. The molecule has 0 bridgehead atoms. The molecule has 0 atom stereocenters. The third-order valence-electron chi connectivity index (χ3n) is 2.27. The first-order chi connectivity index (χ1) is 7.31. The minimum atomic E-state index is 0.673. The van der Waals surface area contributed by atoms with Crippen molar-refractivity contribution in [3.8, 4) is 17.0 Å². The van der Waals surface area contributed by atoms with Gasteiger partial charge in [-0.15, -0.1) is 0 Å². The number of hydrogen-bond donors (Lipinski definition) is 0. The Bertz CT molecular complexity index is 451. The van der Waals surface area contributed by atoms with Gasteiger partial charge in [-0.2, -0.15) is 0 Å². The lowest BCUT2D eigenvalue weighted by molar-refractivity contribution is 0.399. The maximum atomic E-state index is 5.24. The minimum absolute atomic E-state index is 0.673. The molecular weight excluding hydrogens is 186 g/mol. The van der Waals surface area contributed by atoms with E-state index in [-0.39, 0.29) is 0 Å². The zero-order valence-electron chi connectivity index (χ0n) is 8.90. The summed E-state index contributed by atoms with van der Waals surface area (Å²) in [6, 6.07) is 12.2. The number of aromatic nitrogens is 1. The SMILES string of the molecule is COc1ncc(C)cc1-c1ccccc1. The van der Waals surface area contributed by atoms with Crippen molar-refractivity contribution in [1.82, 2.24) is 4.98 Å². The molecule has 0 fully saturated rings. The molecule has 0 radical (unpaired) electrons. The molecule has 2 heteroatoms. The number of pyridine rings is 1. The monoisotopic (exact) mass is 199 g/mol. The molecule has 0 aliphatic carbocycles. The predicted molar refractivity (Wildman–Crippen MR) is 61.0 cm³/mol. The van der Waals surface area contributed by atoms with Crippen molar-refractivity contribution in [2.75, 3.05) is 7.11 Å². The number of benzene rings is 1. The summed E-state index contributed by atoms with van der Waals surface area (Å²) in [4.78, 5) is 4.25. The lowest BCUT2D eigenvalue weighted by Gasteiger charge is -2.07. The standard InChI is InChI=1S/C13H13NO/c1-10-8-12(13(15-2)14-9-10)11-6-4-3-5-7-11/h3-9H,1-2H3. The molecule has 0 saturated heterocycles. The Labute approximate surface area is 89.6 Å². The van der Waals surface area contributed by atoms with Crippen molar-refractivity contribution in [1.29, 1.82) is 0 Å². The Hall–Kier alpha value is -1.83. The Morgan fingerprint density at radius 3 is 2.53 bits per heavy atom. The number of ether oxygens (including phenoxy) is 1. The highest BCUT2D eigenvalue weighted by Gasteiger charge is 2.06. The second-order valence-electron chi connectivity index (χ2n) is 3.44. The minimum Gasteiger partial charge on any atom is -0.481 e. The summed E-state index contributed by atoms with van der Waals surface area (Å²) in [5, 5.41) is 0. The molecule has 1 aromatic carbocycles. The van der Waals surface area contributed by atoms with Gasteiger partial charge in [0, 0.05) is 11.8 Å². The van der Waals surface area contributed by atoms with Crippen molar-refractivity contribution < 1.29 is 4.74 Å². The highest BCUT2D eigenvalue weighted by atomic mass is 16.5. The van der Waals surface area contributed by atoms with E-state index in [0.717, 1.165) is 16.7 Å². The van der Waals surface area contributed by atoms with Crippen LogP contribution in [0.1, 0.15) is 5.56 Å². The number of rotatable bonds is 2. The molecule has 0 aliphatic heterocycles. The van der Waals surface area contributed by atoms with Crippen LogP contribution in [0.3, 0.4) is 0 Å². The van der Waals surface area contributed by atoms with E-state index in [9.17, 15) is 0 Å². The van der Waals surface area contributed by atoms with Gasteiger partial charge < -0.3 is 4.74 Å². The molecule has 0 N–H and O–H groups in total. The van der Waals surface area contributed by atoms with Gasteiger partial charge in [-0.05, 0) is 24.1 Å². The first-order valence-electron chi connectivity index (χ1n) is 4.87. The van der Waals surface area contributed by atoms with Crippen LogP contribution in [0, 0.1) is 6.92 Å². The highest BCUT2D eigenvalue weighted by Crippen LogP contribution is 2.28. The van der Waals surface area contributed by atoms with Crippen molar-refractivity contribution in [3.63, 3.8) is 0 Å². The Kier molecular flexibility index (Phi) is 2.68. The highest BCUT2D eigenvalue weighted by molar-refractivity contribution is 5.68. The first-order valence-corrected chi connectivity index (χ1v) is 4.87. The van der Waals surface area contributed by atoms with Gasteiger partial charge in [0.05, 0.1) is 7.11 Å². The molecule has 15 heavy (non-hydrogen) atoms. The zero-order valence-corrected chi connectivity index (χ0v) is 8.90. The summed E-state index contributed by atoms with van der Waals surface area (Å²) >= 11 is 0. The molecule has 2 nitrogen and oxygen atoms in total. The molecule has 76 valence electrons. The number of methoxy groups -OCH3 is 1. The topological polar surface area (TPSA) is 22.1 Å². The summed E-state index contributed by atoms with van der Waals surface area (Å²) < 4.78 is 5.24. The van der Waals surface area contributed by atoms with Gasteiger partial charge in [0.2, 0.25) is 5.88 Å². The van der Waals surface area contributed by atoms with Crippen LogP contribution in [0.15, 0.2) is 42.6 Å². The van der Waals surface area contributed by atoms with Crippen LogP contribution in [-0.4, -0.2) is 12.1 Å². The maximum absolute atomic E-state index is 5.24. The molecule has 0 amide bonds. The molecule has 1 heterocycles. The quantitative estimate of drug-likeness (QED) is 0.741. The van der Waals surface area contributed by atoms with E-state index in [4.69, 9.17) is 4.74 Å². The molecule has 0 spiro atoms. The van der Waals surface area contributed by atoms with Gasteiger partial charge in [-0.25, -0.2) is 4.98 Å². The number of aryl methyl sites for hydroxylation is 1. The Morgan fingerprint density at radius 2 is 1.87 bits per heavy atom. The van der Waals surface area contributed by atoms with Crippen LogP contribution >= 0.6 is 0 Å². The van der Waals surface area contributed by atoms with Gasteiger partial charge >= 0.3 is 0 Å². The first kappa shape index (κ1) is 9.71. The molecule has 0 saturated carbocycles. The number of nitrogens with zero attached hydrogens (tertiary/aromatic N) is 1. The fraction of sp³-hybridized carbons (Fsp3) is 0.154. The van der Waals surface area contributed by atoms with E-state index in [2.05, 4.69) is 23.2 Å². The number of hydrogen-bond acceptors (Lipinski definition) is 2. The molecule has 2 rings (SSSR count). The van der Waals surface area contributed by atoms with Crippen molar-refractivity contribution in [3.05, 3.63) is 48.2 Å². The molecular formula is C13H13NO. The van der Waals surface area contributed by atoms with E-state index in [1.807, 2.05) is 31.3 Å². The lowest BCUT2D eigenvalue weighted by Crippen LogP contribution is -1.92. The van der Waals surface area contributed by atoms with Crippen LogP contribution in [0.4, 0.5) is 0 Å². The summed E-state index contributed by atoms with van der Waals surface area (Å²) in [6.45, 7) is 2.03. The van der Waals surface area contributed by atoms with Gasteiger partial charge in [-0.3, -0.25) is 0 Å². The van der Waals surface area contributed by atoms with Gasteiger partial charge in [0.15, 0.2) is 0 Å². The average Bonchev–Trinajstić information content (AvgIpc) is 2.30. The molecule has 0 aliphatic rings. The summed E-state index contributed by atoms with van der Waals surface area (Å²) in [5.41, 5.74) is 3.30. The van der Waals surface area contributed by atoms with Crippen molar-refractivity contribution in [2.24, 2.45) is 0 Å². The fourth-order valence-electron chi connectivity index (χ4n) is 1.54. The van der Waals surface area contributed by atoms with E-state index < -0.39 is 0 Å². The second kappa shape index (κ2) is 4.13. The Balaban J connectivity index is 2.56. The van der Waals surface area contributed by atoms with Gasteiger partial charge in [0.25, 0.3) is 0 Å². The third kappa shape index (κ3) is 1.99. The summed E-state index contributed by atoms with van der Waals surface area (Å²) in [7, 11) is 1.64. The molecule has 1 aromatic heterocycles. The summed E-state index contributed by atoms with van der Waals surface area (Å²) in [5.74, 6) is 0.673. The van der Waals surface area contributed by atoms with Crippen LogP contribution in [0.25, 0.3) is 11.1 Å². The van der Waals surface area contributed by atoms with Gasteiger partial charge in [-0.1, -0.05) is 30.3 Å². The Morgan fingerprint density at radius 1 is 1.13 bits per heavy atom. The third-order valence-corrected chi connectivity index (χ3v) is 2.27. The second-order valence-corrected chi connectivity index (χ2v) is 3.44. The zero-order chi connectivity index (χ0) is 10.7. The van der Waals surface area contributed by atoms with Gasteiger partial charge in [0.1, 0.15) is 0 Å². The van der Waals surface area contributed by atoms with E-state index in [0.29, 0.717) is 5.88 Å². The average molecular weight is 199 g/mol. The maximum Gasteiger partial charge on any atom is 0.221 e. The lowest BCUT2D eigenvalue weighted by atomic mass is 10.1. The summed E-state index contributed by atoms with van der Waals surface area (Å²) in [6.07, 6.45) is 1.81. The van der Waals surface area contributed by atoms with Crippen LogP contribution in [-0.2, 0) is 0 Å². The predicted octanol–water partition coefficient (Wildman–Crippen LogP) is 3.07. The normalized spacial score (nSPS) is 10.0. The smallest absolute Gasteiger partial charge is 0.221 e. The van der Waals surface area contributed by atoms with E-state index >= 15 is 0 Å². The van der Waals surface area contributed by atoms with Crippen LogP contribution in [0.2, 0.25) is 0 Å². The van der Waals surface area contributed by atoms with E-state index in [1.54, 1.807) is 7.11 Å². The van der Waals surface area contributed by atoms with Crippen molar-refractivity contribution in [2.45, 2.75) is 6.92 Å². The van der Waals surface area contributed by atoms with Crippen LogP contribution in [0.5, 0.6) is 5.88 Å². The van der Waals surface area contributed by atoms with E-state index in [1.165, 1.54) is 0 Å². The molecule has 2 aromatic rings. The van der Waals surface area contributed by atoms with Crippen molar-refractivity contribution >= 4 is 0 Å².